The molecule has 7 nitrogen and oxygen atoms in total. The average molecular weight is 454 g/mol. The van der Waals surface area contributed by atoms with E-state index in [1.807, 2.05) is 37.2 Å². The van der Waals surface area contributed by atoms with Gasteiger partial charge in [-0.05, 0) is 51.1 Å². The van der Waals surface area contributed by atoms with E-state index in [0.29, 0.717) is 23.7 Å². The Balaban J connectivity index is 1.38. The third-order valence-corrected chi connectivity index (χ3v) is 6.65. The molecule has 1 amide bonds. The summed E-state index contributed by atoms with van der Waals surface area (Å²) < 4.78 is 7.09. The van der Waals surface area contributed by atoms with Crippen molar-refractivity contribution in [2.24, 2.45) is 5.92 Å². The maximum Gasteiger partial charge on any atom is 0.270 e. The van der Waals surface area contributed by atoms with Crippen molar-refractivity contribution in [2.45, 2.75) is 32.1 Å². The number of hydrogen-bond acceptors (Lipinski definition) is 7. The van der Waals surface area contributed by atoms with Gasteiger partial charge in [0, 0.05) is 38.0 Å². The van der Waals surface area contributed by atoms with Gasteiger partial charge in [0.2, 0.25) is 0 Å². The lowest BCUT2D eigenvalue weighted by molar-refractivity contribution is 0.0945. The van der Waals surface area contributed by atoms with Crippen LogP contribution in [-0.4, -0.2) is 54.5 Å². The molecule has 170 valence electrons. The topological polar surface area (TPSA) is 79.4 Å². The van der Waals surface area contributed by atoms with Crippen LogP contribution >= 0.6 is 11.3 Å². The summed E-state index contributed by atoms with van der Waals surface area (Å²) in [6, 6.07) is 9.30. The molecule has 0 radical (unpaired) electrons. The number of ether oxygens (including phenoxy) is 1. The molecule has 0 unspecified atom stereocenters. The Morgan fingerprint density at radius 2 is 1.97 bits per heavy atom. The van der Waals surface area contributed by atoms with Crippen LogP contribution < -0.4 is 15.4 Å². The summed E-state index contributed by atoms with van der Waals surface area (Å²) >= 11 is 1.65. The summed E-state index contributed by atoms with van der Waals surface area (Å²) in [5, 5.41) is 7.36. The predicted molar refractivity (Wildman–Crippen MR) is 130 cm³/mol. The molecule has 1 aliphatic rings. The molecule has 0 saturated heterocycles. The number of rotatable bonds is 9. The number of pyridine rings is 1. The van der Waals surface area contributed by atoms with Gasteiger partial charge in [0.15, 0.2) is 5.13 Å². The van der Waals surface area contributed by atoms with Gasteiger partial charge in [0.1, 0.15) is 17.2 Å². The number of benzene rings is 1. The van der Waals surface area contributed by atoms with Gasteiger partial charge < -0.3 is 20.3 Å². The molecular weight excluding hydrogens is 422 g/mol. The van der Waals surface area contributed by atoms with E-state index in [2.05, 4.69) is 15.6 Å². The van der Waals surface area contributed by atoms with Crippen LogP contribution in [0.3, 0.4) is 0 Å². The maximum absolute atomic E-state index is 12.3. The molecule has 0 aliphatic heterocycles. The average Bonchev–Trinajstić information content (AvgIpc) is 3.20. The second kappa shape index (κ2) is 10.7. The van der Waals surface area contributed by atoms with E-state index in [1.54, 1.807) is 29.7 Å². The first-order valence-electron chi connectivity index (χ1n) is 11.3. The lowest BCUT2D eigenvalue weighted by Gasteiger charge is -2.21. The van der Waals surface area contributed by atoms with Gasteiger partial charge in [-0.3, -0.25) is 9.78 Å². The quantitative estimate of drug-likeness (QED) is 0.486. The summed E-state index contributed by atoms with van der Waals surface area (Å²) in [5.41, 5.74) is 1.30. The molecule has 8 heteroatoms. The summed E-state index contributed by atoms with van der Waals surface area (Å²) in [6.45, 7) is 2.34. The second-order valence-corrected chi connectivity index (χ2v) is 9.60. The molecule has 1 fully saturated rings. The van der Waals surface area contributed by atoms with Crippen LogP contribution in [-0.2, 0) is 0 Å². The Labute approximate surface area is 193 Å². The van der Waals surface area contributed by atoms with Gasteiger partial charge in [-0.2, -0.15) is 0 Å². The number of hydrogen-bond donors (Lipinski definition) is 2. The zero-order chi connectivity index (χ0) is 22.3. The molecular formula is C24H31N5O2S. The largest absolute Gasteiger partial charge is 0.457 e. The highest BCUT2D eigenvalue weighted by molar-refractivity contribution is 7.22. The lowest BCUT2D eigenvalue weighted by Crippen LogP contribution is -2.31. The molecule has 32 heavy (non-hydrogen) atoms. The van der Waals surface area contributed by atoms with Crippen molar-refractivity contribution in [2.75, 3.05) is 39.0 Å². The first-order chi connectivity index (χ1) is 15.6. The number of nitrogens with one attached hydrogen (secondary N) is 2. The highest BCUT2D eigenvalue weighted by Gasteiger charge is 2.14. The van der Waals surface area contributed by atoms with E-state index >= 15 is 0 Å². The molecule has 2 N–H and O–H groups in total. The Morgan fingerprint density at radius 1 is 1.16 bits per heavy atom. The van der Waals surface area contributed by atoms with E-state index in [4.69, 9.17) is 9.72 Å². The zero-order valence-electron chi connectivity index (χ0n) is 18.8. The molecule has 0 spiro atoms. The van der Waals surface area contributed by atoms with Gasteiger partial charge in [0.05, 0.1) is 10.2 Å². The number of likely N-dealkylation sites (N-methyl/N-ethyl adjacent to an activating group) is 1. The van der Waals surface area contributed by atoms with Crippen LogP contribution in [0.2, 0.25) is 0 Å². The summed E-state index contributed by atoms with van der Waals surface area (Å²) in [5.74, 6) is 1.85. The van der Waals surface area contributed by atoms with Crippen LogP contribution in [0.1, 0.15) is 42.6 Å². The number of thiazole rings is 1. The van der Waals surface area contributed by atoms with Crippen LogP contribution in [0.25, 0.3) is 10.2 Å². The molecule has 0 bridgehead atoms. The predicted octanol–water partition coefficient (Wildman–Crippen LogP) is 4.77. The van der Waals surface area contributed by atoms with Crippen molar-refractivity contribution in [3.63, 3.8) is 0 Å². The number of anilines is 1. The van der Waals surface area contributed by atoms with Crippen LogP contribution in [0.5, 0.6) is 11.5 Å². The molecule has 0 atom stereocenters. The molecule has 1 aliphatic carbocycles. The molecule has 1 saturated carbocycles. The zero-order valence-corrected chi connectivity index (χ0v) is 19.6. The van der Waals surface area contributed by atoms with Crippen molar-refractivity contribution in [1.82, 2.24) is 20.2 Å². The van der Waals surface area contributed by atoms with E-state index in [9.17, 15) is 4.79 Å². The van der Waals surface area contributed by atoms with Crippen molar-refractivity contribution in [3.05, 3.63) is 42.2 Å². The van der Waals surface area contributed by atoms with E-state index in [1.165, 1.54) is 32.1 Å². The van der Waals surface area contributed by atoms with Crippen molar-refractivity contribution >= 4 is 32.6 Å². The Morgan fingerprint density at radius 3 is 2.78 bits per heavy atom. The van der Waals surface area contributed by atoms with E-state index in [0.717, 1.165) is 34.4 Å². The fraction of sp³-hybridized carbons (Fsp3) is 0.458. The van der Waals surface area contributed by atoms with E-state index in [-0.39, 0.29) is 5.91 Å². The Kier molecular flexibility index (Phi) is 7.55. The van der Waals surface area contributed by atoms with Gasteiger partial charge in [0.25, 0.3) is 5.91 Å². The number of amides is 1. The van der Waals surface area contributed by atoms with Crippen molar-refractivity contribution < 1.29 is 9.53 Å². The van der Waals surface area contributed by atoms with Gasteiger partial charge in [-0.25, -0.2) is 4.98 Å². The van der Waals surface area contributed by atoms with E-state index < -0.39 is 0 Å². The summed E-state index contributed by atoms with van der Waals surface area (Å²) in [6.07, 6.45) is 8.30. The number of aromatic nitrogens is 2. The van der Waals surface area contributed by atoms with Gasteiger partial charge in [-0.1, -0.05) is 30.6 Å². The van der Waals surface area contributed by atoms with Crippen LogP contribution in [0.4, 0.5) is 5.13 Å². The highest BCUT2D eigenvalue weighted by atomic mass is 32.1. The Bertz CT molecular complexity index is 1050. The third-order valence-electron chi connectivity index (χ3n) is 5.67. The molecule has 2 aromatic heterocycles. The molecule has 1 aromatic carbocycles. The first kappa shape index (κ1) is 22.5. The highest BCUT2D eigenvalue weighted by Crippen LogP contribution is 2.32. The number of carbonyl (C=O) groups excluding carboxylic acids is 1. The maximum atomic E-state index is 12.3. The fourth-order valence-electron chi connectivity index (χ4n) is 3.89. The van der Waals surface area contributed by atoms with Crippen LogP contribution in [0.15, 0.2) is 36.5 Å². The smallest absolute Gasteiger partial charge is 0.270 e. The number of carbonyl (C=O) groups is 1. The molecule has 4 rings (SSSR count). The van der Waals surface area contributed by atoms with Crippen LogP contribution in [0, 0.1) is 5.92 Å². The van der Waals surface area contributed by atoms with Gasteiger partial charge >= 0.3 is 0 Å². The standard InChI is InChI=1S/C24H31N5O2S/c1-29(2)13-12-26-23(30)21-14-19(10-11-25-21)31-18-8-9-20-22(15-18)32-24(28-20)27-16-17-6-4-3-5-7-17/h8-11,14-15,17H,3-7,12-13,16H2,1-2H3,(H,26,30)(H,27,28). The second-order valence-electron chi connectivity index (χ2n) is 8.57. The van der Waals surface area contributed by atoms with Crippen molar-refractivity contribution in [3.8, 4) is 11.5 Å². The normalized spacial score (nSPS) is 14.6. The third kappa shape index (κ3) is 6.17. The lowest BCUT2D eigenvalue weighted by atomic mass is 9.89. The van der Waals surface area contributed by atoms with Crippen molar-refractivity contribution in [1.29, 1.82) is 0 Å². The molecule has 2 heterocycles. The number of nitrogens with zero attached hydrogens (tertiary/aromatic N) is 3. The number of fused-ring (bicyclic) bond motifs is 1. The monoisotopic (exact) mass is 453 g/mol. The van der Waals surface area contributed by atoms with Gasteiger partial charge in [-0.15, -0.1) is 0 Å². The summed E-state index contributed by atoms with van der Waals surface area (Å²) in [7, 11) is 3.93. The SMILES string of the molecule is CN(C)CCNC(=O)c1cc(Oc2ccc3nc(NCC4CCCCC4)sc3c2)ccn1. The Hall–Kier alpha value is -2.71. The first-order valence-corrected chi connectivity index (χ1v) is 12.1. The minimum Gasteiger partial charge on any atom is -0.457 e. The minimum absolute atomic E-state index is 0.205. The molecule has 3 aromatic rings. The summed E-state index contributed by atoms with van der Waals surface area (Å²) in [4.78, 5) is 23.2. The minimum atomic E-state index is -0.205. The fourth-order valence-corrected chi connectivity index (χ4v) is 4.79.